The number of nitrogens with one attached hydrogen (secondary N) is 1. The Morgan fingerprint density at radius 2 is 1.92 bits per heavy atom. The van der Waals surface area contributed by atoms with E-state index in [9.17, 15) is 18.0 Å². The van der Waals surface area contributed by atoms with Crippen LogP contribution in [0.4, 0.5) is 13.2 Å². The van der Waals surface area contributed by atoms with Gasteiger partial charge < -0.3 is 5.32 Å². The standard InChI is InChI=1S/C20H20F3NO/c21-18-4-2-1-3-16(18)8-5-14-6-9-17(10-7-14)19(25)24-13-15-11-20(22,23)12-15/h3,6-7,9-10,15,18H,1-2,4,11-13H2,(H,24,25). The molecule has 1 saturated carbocycles. The number of halogens is 3. The van der Waals surface area contributed by atoms with Crippen LogP contribution in [0.25, 0.3) is 0 Å². The van der Waals surface area contributed by atoms with Crippen LogP contribution in [0.3, 0.4) is 0 Å². The maximum Gasteiger partial charge on any atom is 0.251 e. The van der Waals surface area contributed by atoms with Crippen molar-refractivity contribution in [1.82, 2.24) is 5.32 Å². The topological polar surface area (TPSA) is 29.1 Å². The summed E-state index contributed by atoms with van der Waals surface area (Å²) in [6.45, 7) is 0.266. The van der Waals surface area contributed by atoms with Gasteiger partial charge in [0.25, 0.3) is 5.91 Å². The summed E-state index contributed by atoms with van der Waals surface area (Å²) in [6, 6.07) is 6.68. The quantitative estimate of drug-likeness (QED) is 0.813. The lowest BCUT2D eigenvalue weighted by Gasteiger charge is -2.34. The summed E-state index contributed by atoms with van der Waals surface area (Å²) in [6.07, 6.45) is 2.77. The summed E-state index contributed by atoms with van der Waals surface area (Å²) in [4.78, 5) is 12.0. The van der Waals surface area contributed by atoms with Gasteiger partial charge in [0.05, 0.1) is 0 Å². The molecular weight excluding hydrogens is 327 g/mol. The van der Waals surface area contributed by atoms with Crippen LogP contribution in [0, 0.1) is 17.8 Å². The van der Waals surface area contributed by atoms with Gasteiger partial charge in [-0.3, -0.25) is 4.79 Å². The highest BCUT2D eigenvalue weighted by Gasteiger charge is 2.44. The van der Waals surface area contributed by atoms with Crippen LogP contribution in [0.2, 0.25) is 0 Å². The minimum atomic E-state index is -2.57. The highest BCUT2D eigenvalue weighted by molar-refractivity contribution is 5.94. The molecule has 0 aliphatic heterocycles. The van der Waals surface area contributed by atoms with Gasteiger partial charge in [-0.05, 0) is 49.4 Å². The SMILES string of the molecule is O=C(NCC1CC(F)(F)C1)c1ccc(C#CC2=CCCCC2F)cc1. The van der Waals surface area contributed by atoms with Gasteiger partial charge in [-0.15, -0.1) is 0 Å². The van der Waals surface area contributed by atoms with Crippen LogP contribution in [0.15, 0.2) is 35.9 Å². The number of carbonyl (C=O) groups excluding carboxylic acids is 1. The van der Waals surface area contributed by atoms with Gasteiger partial charge in [0.1, 0.15) is 6.17 Å². The molecule has 2 aliphatic carbocycles. The number of allylic oxidation sites excluding steroid dienone is 2. The summed E-state index contributed by atoms with van der Waals surface area (Å²) in [5.74, 6) is 2.78. The fraction of sp³-hybridized carbons (Fsp3) is 0.450. The maximum absolute atomic E-state index is 13.7. The Bertz CT molecular complexity index is 720. The molecule has 132 valence electrons. The number of benzene rings is 1. The zero-order valence-corrected chi connectivity index (χ0v) is 13.8. The molecule has 25 heavy (non-hydrogen) atoms. The van der Waals surface area contributed by atoms with E-state index >= 15 is 0 Å². The van der Waals surface area contributed by atoms with Crippen molar-refractivity contribution in [2.75, 3.05) is 6.54 Å². The van der Waals surface area contributed by atoms with E-state index in [0.29, 0.717) is 23.1 Å². The molecule has 0 radical (unpaired) electrons. The first kappa shape index (κ1) is 17.6. The normalized spacial score (nSPS) is 22.2. The van der Waals surface area contributed by atoms with Crippen molar-refractivity contribution >= 4 is 5.91 Å². The highest BCUT2D eigenvalue weighted by Crippen LogP contribution is 2.41. The monoisotopic (exact) mass is 347 g/mol. The number of hydrogen-bond acceptors (Lipinski definition) is 1. The number of hydrogen-bond donors (Lipinski definition) is 1. The molecule has 5 heteroatoms. The fourth-order valence-electron chi connectivity index (χ4n) is 3.08. The summed E-state index contributed by atoms with van der Waals surface area (Å²) in [5, 5.41) is 2.68. The van der Waals surface area contributed by atoms with Crippen LogP contribution in [0.5, 0.6) is 0 Å². The third-order valence-electron chi connectivity index (χ3n) is 4.59. The Kier molecular flexibility index (Phi) is 5.17. The second-order valence-electron chi connectivity index (χ2n) is 6.73. The lowest BCUT2D eigenvalue weighted by molar-refractivity contribution is -0.108. The maximum atomic E-state index is 13.7. The predicted octanol–water partition coefficient (Wildman–Crippen LogP) is 4.26. The first-order chi connectivity index (χ1) is 11.9. The van der Waals surface area contributed by atoms with Crippen molar-refractivity contribution in [3.8, 4) is 11.8 Å². The van der Waals surface area contributed by atoms with Gasteiger partial charge in [0.15, 0.2) is 0 Å². The van der Waals surface area contributed by atoms with E-state index in [1.807, 2.05) is 6.08 Å². The smallest absolute Gasteiger partial charge is 0.251 e. The van der Waals surface area contributed by atoms with Crippen LogP contribution >= 0.6 is 0 Å². The molecule has 0 heterocycles. The van der Waals surface area contributed by atoms with E-state index in [2.05, 4.69) is 17.2 Å². The molecule has 0 saturated heterocycles. The Morgan fingerprint density at radius 1 is 1.20 bits per heavy atom. The molecule has 1 atom stereocenters. The van der Waals surface area contributed by atoms with Gasteiger partial charge >= 0.3 is 0 Å². The molecule has 3 rings (SSSR count). The van der Waals surface area contributed by atoms with Gasteiger partial charge in [-0.1, -0.05) is 17.9 Å². The number of amides is 1. The first-order valence-corrected chi connectivity index (χ1v) is 8.55. The molecule has 2 aliphatic rings. The van der Waals surface area contributed by atoms with E-state index in [1.54, 1.807) is 24.3 Å². The second-order valence-corrected chi connectivity index (χ2v) is 6.73. The first-order valence-electron chi connectivity index (χ1n) is 8.55. The molecule has 1 unspecified atom stereocenters. The third-order valence-corrected chi connectivity index (χ3v) is 4.59. The molecular formula is C20H20F3NO. The number of alkyl halides is 3. The van der Waals surface area contributed by atoms with Crippen LogP contribution in [0.1, 0.15) is 48.0 Å². The summed E-state index contributed by atoms with van der Waals surface area (Å²) < 4.78 is 39.2. The summed E-state index contributed by atoms with van der Waals surface area (Å²) >= 11 is 0. The zero-order chi connectivity index (χ0) is 17.9. The van der Waals surface area contributed by atoms with Crippen LogP contribution < -0.4 is 5.32 Å². The van der Waals surface area contributed by atoms with Gasteiger partial charge in [-0.25, -0.2) is 13.2 Å². The number of rotatable bonds is 3. The van der Waals surface area contributed by atoms with Gasteiger partial charge in [0, 0.05) is 36.1 Å². The predicted molar refractivity (Wildman–Crippen MR) is 90.2 cm³/mol. The molecule has 0 spiro atoms. The molecule has 1 amide bonds. The van der Waals surface area contributed by atoms with Crippen molar-refractivity contribution in [3.05, 3.63) is 47.0 Å². The summed E-state index contributed by atoms with van der Waals surface area (Å²) in [5.41, 5.74) is 1.69. The van der Waals surface area contributed by atoms with Crippen molar-refractivity contribution in [3.63, 3.8) is 0 Å². The molecule has 1 N–H and O–H groups in total. The van der Waals surface area contributed by atoms with Crippen molar-refractivity contribution in [2.45, 2.75) is 44.2 Å². The summed E-state index contributed by atoms with van der Waals surface area (Å²) in [7, 11) is 0. The molecule has 1 aromatic carbocycles. The van der Waals surface area contributed by atoms with E-state index in [1.165, 1.54) is 0 Å². The van der Waals surface area contributed by atoms with Gasteiger partial charge in [-0.2, -0.15) is 0 Å². The third kappa shape index (κ3) is 4.66. The lowest BCUT2D eigenvalue weighted by Crippen LogP contribution is -2.42. The van der Waals surface area contributed by atoms with E-state index in [4.69, 9.17) is 0 Å². The molecule has 0 aromatic heterocycles. The molecule has 1 aromatic rings. The lowest BCUT2D eigenvalue weighted by atomic mass is 9.81. The fourth-order valence-corrected chi connectivity index (χ4v) is 3.08. The molecule has 2 nitrogen and oxygen atoms in total. The van der Waals surface area contributed by atoms with Gasteiger partial charge in [0.2, 0.25) is 5.92 Å². The van der Waals surface area contributed by atoms with E-state index < -0.39 is 12.1 Å². The Labute approximate surface area is 145 Å². The molecule has 0 bridgehead atoms. The second kappa shape index (κ2) is 7.35. The zero-order valence-electron chi connectivity index (χ0n) is 13.8. The van der Waals surface area contributed by atoms with Crippen molar-refractivity contribution < 1.29 is 18.0 Å². The molecule has 1 fully saturated rings. The van der Waals surface area contributed by atoms with Crippen molar-refractivity contribution in [2.24, 2.45) is 5.92 Å². The minimum Gasteiger partial charge on any atom is -0.352 e. The van der Waals surface area contributed by atoms with Crippen molar-refractivity contribution in [1.29, 1.82) is 0 Å². The number of carbonyl (C=O) groups is 1. The highest BCUT2D eigenvalue weighted by atomic mass is 19.3. The average Bonchev–Trinajstić information content (AvgIpc) is 2.57. The van der Waals surface area contributed by atoms with Crippen LogP contribution in [-0.4, -0.2) is 24.5 Å². The largest absolute Gasteiger partial charge is 0.352 e. The van der Waals surface area contributed by atoms with E-state index in [-0.39, 0.29) is 31.2 Å². The Balaban J connectivity index is 1.53. The Hall–Kier alpha value is -2.22. The van der Waals surface area contributed by atoms with E-state index in [0.717, 1.165) is 12.8 Å². The Morgan fingerprint density at radius 3 is 2.56 bits per heavy atom. The minimum absolute atomic E-state index is 0.151. The van der Waals surface area contributed by atoms with Crippen LogP contribution in [-0.2, 0) is 0 Å². The average molecular weight is 347 g/mol.